The van der Waals surface area contributed by atoms with Gasteiger partial charge in [-0.3, -0.25) is 0 Å². The third-order valence-electron chi connectivity index (χ3n) is 2.71. The second-order valence-electron chi connectivity index (χ2n) is 3.98. The van der Waals surface area contributed by atoms with E-state index in [2.05, 4.69) is 5.16 Å². The molecule has 0 aliphatic carbocycles. The lowest BCUT2D eigenvalue weighted by molar-refractivity contribution is 0.429. The Bertz CT molecular complexity index is 737. The van der Waals surface area contributed by atoms with E-state index in [1.807, 2.05) is 12.1 Å². The van der Waals surface area contributed by atoms with Crippen LogP contribution in [0, 0.1) is 0 Å². The van der Waals surface area contributed by atoms with Gasteiger partial charge in [0, 0.05) is 11.1 Å². The normalized spacial score (nSPS) is 10.9. The first-order valence-corrected chi connectivity index (χ1v) is 5.66. The highest BCUT2D eigenvalue weighted by Crippen LogP contribution is 2.34. The molecule has 0 amide bonds. The molecule has 0 aliphatic rings. The largest absolute Gasteiger partial charge is 0.507 e. The van der Waals surface area contributed by atoms with E-state index < -0.39 is 0 Å². The molecule has 0 radical (unpaired) electrons. The van der Waals surface area contributed by atoms with Gasteiger partial charge in [0.05, 0.1) is 5.56 Å². The molecule has 3 rings (SSSR count). The Morgan fingerprint density at radius 1 is 1.11 bits per heavy atom. The van der Waals surface area contributed by atoms with Crippen molar-refractivity contribution in [2.75, 3.05) is 5.73 Å². The van der Waals surface area contributed by atoms with E-state index in [-0.39, 0.29) is 11.6 Å². The molecular formula is C13H9ClN2O2. The number of aromatic hydroxyl groups is 1. The molecule has 0 unspecified atom stereocenters. The summed E-state index contributed by atoms with van der Waals surface area (Å²) in [5.74, 6) is 0.809. The van der Waals surface area contributed by atoms with Gasteiger partial charge in [0.1, 0.15) is 5.75 Å². The lowest BCUT2D eigenvalue weighted by atomic mass is 10.0. The van der Waals surface area contributed by atoms with Crippen LogP contribution in [0.2, 0.25) is 5.02 Å². The first kappa shape index (κ1) is 10.9. The van der Waals surface area contributed by atoms with Crippen LogP contribution in [-0.2, 0) is 0 Å². The number of phenols is 1. The summed E-state index contributed by atoms with van der Waals surface area (Å²) in [5.41, 5.74) is 6.03. The molecule has 4 nitrogen and oxygen atoms in total. The summed E-state index contributed by atoms with van der Waals surface area (Å²) < 4.78 is 5.04. The number of anilines is 1. The number of hydrogen-bond acceptors (Lipinski definition) is 4. The third kappa shape index (κ3) is 1.76. The van der Waals surface area contributed by atoms with Crippen LogP contribution in [0.4, 0.5) is 5.82 Å². The maximum absolute atomic E-state index is 9.98. The quantitative estimate of drug-likeness (QED) is 0.703. The molecule has 5 heteroatoms. The van der Waals surface area contributed by atoms with Crippen LogP contribution in [0.5, 0.6) is 5.75 Å². The molecule has 0 saturated carbocycles. The molecule has 3 aromatic rings. The molecule has 18 heavy (non-hydrogen) atoms. The molecule has 0 atom stereocenters. The number of hydrogen-bond donors (Lipinski definition) is 2. The second kappa shape index (κ2) is 3.92. The minimum Gasteiger partial charge on any atom is -0.507 e. The van der Waals surface area contributed by atoms with Gasteiger partial charge in [-0.25, -0.2) is 0 Å². The summed E-state index contributed by atoms with van der Waals surface area (Å²) in [6.45, 7) is 0. The van der Waals surface area contributed by atoms with Crippen molar-refractivity contribution in [3.05, 3.63) is 41.4 Å². The van der Waals surface area contributed by atoms with E-state index in [1.165, 1.54) is 0 Å². The second-order valence-corrected chi connectivity index (χ2v) is 4.41. The molecule has 0 bridgehead atoms. The standard InChI is InChI=1S/C13H9ClN2O2/c14-9-2-1-7-5-11(17)10(4-8(7)3-9)12-6-13(15)16-18-12/h1-6,17H,(H2,15,16). The Kier molecular flexibility index (Phi) is 2.38. The average Bonchev–Trinajstić information content (AvgIpc) is 2.75. The van der Waals surface area contributed by atoms with Crippen LogP contribution >= 0.6 is 11.6 Å². The summed E-state index contributed by atoms with van der Waals surface area (Å²) in [6.07, 6.45) is 0. The van der Waals surface area contributed by atoms with Gasteiger partial charge >= 0.3 is 0 Å². The number of fused-ring (bicyclic) bond motifs is 1. The molecule has 90 valence electrons. The predicted molar refractivity (Wildman–Crippen MR) is 70.5 cm³/mol. The third-order valence-corrected chi connectivity index (χ3v) is 2.95. The highest BCUT2D eigenvalue weighted by molar-refractivity contribution is 6.31. The lowest BCUT2D eigenvalue weighted by Crippen LogP contribution is -1.81. The van der Waals surface area contributed by atoms with Gasteiger partial charge in [-0.15, -0.1) is 0 Å². The number of phenolic OH excluding ortho intramolecular Hbond substituents is 1. The number of nitrogens with zero attached hydrogens (tertiary/aromatic N) is 1. The van der Waals surface area contributed by atoms with Gasteiger partial charge < -0.3 is 15.4 Å². The molecule has 3 N–H and O–H groups in total. The number of halogens is 1. The van der Waals surface area contributed by atoms with E-state index in [0.717, 1.165) is 10.8 Å². The lowest BCUT2D eigenvalue weighted by Gasteiger charge is -2.04. The van der Waals surface area contributed by atoms with Crippen LogP contribution < -0.4 is 5.73 Å². The summed E-state index contributed by atoms with van der Waals surface area (Å²) in [5, 5.41) is 16.0. The van der Waals surface area contributed by atoms with E-state index in [4.69, 9.17) is 21.9 Å². The van der Waals surface area contributed by atoms with E-state index in [9.17, 15) is 5.11 Å². The van der Waals surface area contributed by atoms with Crippen molar-refractivity contribution in [3.8, 4) is 17.1 Å². The summed E-state index contributed by atoms with van der Waals surface area (Å²) in [7, 11) is 0. The molecule has 0 saturated heterocycles. The molecule has 1 heterocycles. The van der Waals surface area contributed by atoms with Crippen molar-refractivity contribution in [2.45, 2.75) is 0 Å². The Morgan fingerprint density at radius 2 is 1.94 bits per heavy atom. The van der Waals surface area contributed by atoms with Crippen LogP contribution in [0.25, 0.3) is 22.1 Å². The van der Waals surface area contributed by atoms with Crippen molar-refractivity contribution in [3.63, 3.8) is 0 Å². The maximum Gasteiger partial charge on any atom is 0.172 e. The number of aromatic nitrogens is 1. The Balaban J connectivity index is 2.26. The van der Waals surface area contributed by atoms with Gasteiger partial charge in [0.15, 0.2) is 11.6 Å². The zero-order valence-electron chi connectivity index (χ0n) is 9.22. The van der Waals surface area contributed by atoms with Gasteiger partial charge in [-0.2, -0.15) is 0 Å². The molecule has 0 fully saturated rings. The van der Waals surface area contributed by atoms with Crippen molar-refractivity contribution in [1.29, 1.82) is 0 Å². The zero-order chi connectivity index (χ0) is 12.7. The Hall–Kier alpha value is -2.20. The average molecular weight is 261 g/mol. The Morgan fingerprint density at radius 3 is 2.67 bits per heavy atom. The summed E-state index contributed by atoms with van der Waals surface area (Å²) in [6, 6.07) is 10.4. The molecule has 0 aliphatic heterocycles. The fraction of sp³-hybridized carbons (Fsp3) is 0. The van der Waals surface area contributed by atoms with Crippen LogP contribution in [0.1, 0.15) is 0 Å². The summed E-state index contributed by atoms with van der Waals surface area (Å²) in [4.78, 5) is 0. The zero-order valence-corrected chi connectivity index (χ0v) is 9.98. The SMILES string of the molecule is Nc1cc(-c2cc3cc(Cl)ccc3cc2O)on1. The minimum atomic E-state index is 0.112. The van der Waals surface area contributed by atoms with Crippen molar-refractivity contribution in [1.82, 2.24) is 5.16 Å². The predicted octanol–water partition coefficient (Wildman–Crippen LogP) is 3.44. The van der Waals surface area contributed by atoms with Crippen molar-refractivity contribution >= 4 is 28.2 Å². The topological polar surface area (TPSA) is 72.3 Å². The van der Waals surface area contributed by atoms with Gasteiger partial charge in [-0.1, -0.05) is 22.8 Å². The molecule has 1 aromatic heterocycles. The first-order valence-electron chi connectivity index (χ1n) is 5.28. The highest BCUT2D eigenvalue weighted by Gasteiger charge is 2.11. The highest BCUT2D eigenvalue weighted by atomic mass is 35.5. The van der Waals surface area contributed by atoms with Gasteiger partial charge in [-0.05, 0) is 35.0 Å². The summed E-state index contributed by atoms with van der Waals surface area (Å²) >= 11 is 5.94. The molecular weight excluding hydrogens is 252 g/mol. The van der Waals surface area contributed by atoms with Crippen LogP contribution in [0.3, 0.4) is 0 Å². The fourth-order valence-corrected chi connectivity index (χ4v) is 2.05. The first-order chi connectivity index (χ1) is 8.63. The van der Waals surface area contributed by atoms with Gasteiger partial charge in [0.2, 0.25) is 0 Å². The van der Waals surface area contributed by atoms with E-state index >= 15 is 0 Å². The number of rotatable bonds is 1. The smallest absolute Gasteiger partial charge is 0.172 e. The number of nitrogen functional groups attached to an aromatic ring is 1. The van der Waals surface area contributed by atoms with Gasteiger partial charge in [0.25, 0.3) is 0 Å². The fourth-order valence-electron chi connectivity index (χ4n) is 1.87. The van der Waals surface area contributed by atoms with Crippen LogP contribution in [0.15, 0.2) is 40.9 Å². The molecule has 2 aromatic carbocycles. The Labute approximate surface area is 108 Å². The number of benzene rings is 2. The van der Waals surface area contributed by atoms with Crippen molar-refractivity contribution in [2.24, 2.45) is 0 Å². The van der Waals surface area contributed by atoms with Crippen molar-refractivity contribution < 1.29 is 9.63 Å². The minimum absolute atomic E-state index is 0.112. The van der Waals surface area contributed by atoms with Crippen LogP contribution in [-0.4, -0.2) is 10.3 Å². The van der Waals surface area contributed by atoms with E-state index in [1.54, 1.807) is 24.3 Å². The number of nitrogens with two attached hydrogens (primary N) is 1. The molecule has 0 spiro atoms. The maximum atomic E-state index is 9.98. The monoisotopic (exact) mass is 260 g/mol. The van der Waals surface area contributed by atoms with E-state index in [0.29, 0.717) is 16.3 Å².